The average molecular weight is 707 g/mol. The minimum Gasteiger partial charge on any atom is -0.344 e. The number of rotatable bonds is 8. The Hall–Kier alpha value is -6.86. The fraction of sp³-hybridized carbons (Fsp3) is 0.0755. The molecule has 264 valence electrons. The van der Waals surface area contributed by atoms with Gasteiger partial charge < -0.3 is 9.80 Å². The molecule has 0 radical (unpaired) electrons. The fourth-order valence-corrected chi connectivity index (χ4v) is 8.83. The SMILES string of the molecule is C=C1/C=C\C=C/N(C2=C=CC=C2)c2ccc(/C(C3=CCC=C3)=C(\C=C/C)N(C)c3cccc4c3-c3ccccc3C4(c3ccccc3)c3ccccc3)cc21. The molecule has 0 spiro atoms. The molecule has 0 N–H and O–H groups in total. The van der Waals surface area contributed by atoms with Crippen LogP contribution < -0.4 is 9.80 Å². The van der Waals surface area contributed by atoms with Gasteiger partial charge in [0, 0.05) is 41.3 Å². The first kappa shape index (κ1) is 33.9. The molecule has 0 fully saturated rings. The molecule has 0 bridgehead atoms. The Labute approximate surface area is 325 Å². The normalized spacial score (nSPS) is 17.6. The summed E-state index contributed by atoms with van der Waals surface area (Å²) in [4.78, 5) is 4.60. The van der Waals surface area contributed by atoms with Crippen molar-refractivity contribution < 1.29 is 0 Å². The van der Waals surface area contributed by atoms with Crippen molar-refractivity contribution in [3.05, 3.63) is 257 Å². The van der Waals surface area contributed by atoms with Crippen molar-refractivity contribution in [3.63, 3.8) is 0 Å². The molecule has 0 unspecified atom stereocenters. The van der Waals surface area contributed by atoms with Gasteiger partial charge in [-0.3, -0.25) is 0 Å². The number of allylic oxidation sites excluding steroid dienone is 13. The summed E-state index contributed by atoms with van der Waals surface area (Å²) in [5.74, 6) is 0. The van der Waals surface area contributed by atoms with E-state index in [9.17, 15) is 0 Å². The number of hydrogen-bond donors (Lipinski definition) is 0. The van der Waals surface area contributed by atoms with E-state index in [-0.39, 0.29) is 0 Å². The predicted octanol–water partition coefficient (Wildman–Crippen LogP) is 12.9. The highest BCUT2D eigenvalue weighted by atomic mass is 15.1. The van der Waals surface area contributed by atoms with Crippen LogP contribution in [0, 0.1) is 0 Å². The molecule has 5 aromatic carbocycles. The summed E-state index contributed by atoms with van der Waals surface area (Å²) >= 11 is 0. The topological polar surface area (TPSA) is 6.48 Å². The van der Waals surface area contributed by atoms with Gasteiger partial charge in [-0.1, -0.05) is 158 Å². The van der Waals surface area contributed by atoms with Crippen LogP contribution in [-0.2, 0) is 5.41 Å². The zero-order chi connectivity index (χ0) is 37.4. The first-order chi connectivity index (χ1) is 27.1. The smallest absolute Gasteiger partial charge is 0.0885 e. The Morgan fingerprint density at radius 1 is 0.764 bits per heavy atom. The van der Waals surface area contributed by atoms with Crippen molar-refractivity contribution in [3.8, 4) is 11.1 Å². The number of anilines is 2. The summed E-state index contributed by atoms with van der Waals surface area (Å²) in [5.41, 5.74) is 20.5. The number of benzene rings is 5. The van der Waals surface area contributed by atoms with Crippen LogP contribution >= 0.6 is 0 Å². The molecule has 1 aliphatic heterocycles. The maximum Gasteiger partial charge on any atom is 0.0885 e. The first-order valence-corrected chi connectivity index (χ1v) is 19.0. The number of hydrogen-bond acceptors (Lipinski definition) is 2. The molecule has 9 rings (SSSR count). The van der Waals surface area contributed by atoms with Crippen LogP contribution in [0.4, 0.5) is 11.4 Å². The zero-order valence-electron chi connectivity index (χ0n) is 31.3. The van der Waals surface area contributed by atoms with Gasteiger partial charge in [0.15, 0.2) is 0 Å². The molecule has 55 heavy (non-hydrogen) atoms. The van der Waals surface area contributed by atoms with Crippen molar-refractivity contribution in [2.75, 3.05) is 16.8 Å². The van der Waals surface area contributed by atoms with Crippen LogP contribution in [0.2, 0.25) is 0 Å². The van der Waals surface area contributed by atoms with Gasteiger partial charge in [-0.05, 0) is 100 Å². The molecule has 5 aromatic rings. The Bertz CT molecular complexity index is 2590. The Balaban J connectivity index is 1.28. The Kier molecular flexibility index (Phi) is 8.75. The lowest BCUT2D eigenvalue weighted by Gasteiger charge is -2.34. The molecule has 3 aliphatic carbocycles. The standard InChI is InChI=1S/C53H42N2/c1-4-20-49(51(39-22-11-12-23-39)40-34-35-48-45(37-40)38(2)21-17-18-36-55(48)43-28-13-14-29-43)54(3)50-33-19-32-47-52(50)44-30-15-16-31-46(44)53(47,41-24-7-5-8-25-41)42-26-9-6-10-27-42/h4-11,13-28,30-37H,2,12H2,1,3H3/b20-4-,21-17-,36-18-,51-49+. The third-order valence-electron chi connectivity index (χ3n) is 11.2. The van der Waals surface area contributed by atoms with E-state index in [4.69, 9.17) is 0 Å². The van der Waals surface area contributed by atoms with Gasteiger partial charge in [-0.25, -0.2) is 0 Å². The summed E-state index contributed by atoms with van der Waals surface area (Å²) in [7, 11) is 2.23. The van der Waals surface area contributed by atoms with E-state index >= 15 is 0 Å². The van der Waals surface area contributed by atoms with E-state index in [0.717, 1.165) is 45.9 Å². The molecule has 4 aliphatic rings. The quantitative estimate of drug-likeness (QED) is 0.115. The van der Waals surface area contributed by atoms with Crippen molar-refractivity contribution in [2.45, 2.75) is 18.8 Å². The van der Waals surface area contributed by atoms with E-state index in [2.05, 4.69) is 218 Å². The number of fused-ring (bicyclic) bond motifs is 4. The summed E-state index contributed by atoms with van der Waals surface area (Å²) in [6.07, 6.45) is 26.6. The summed E-state index contributed by atoms with van der Waals surface area (Å²) in [5, 5.41) is 0. The molecule has 0 atom stereocenters. The second kappa shape index (κ2) is 14.2. The number of nitrogens with zero attached hydrogens (tertiary/aromatic N) is 2. The van der Waals surface area contributed by atoms with Gasteiger partial charge in [0.1, 0.15) is 0 Å². The Morgan fingerprint density at radius 3 is 2.22 bits per heavy atom. The lowest BCUT2D eigenvalue weighted by molar-refractivity contribution is 0.768. The van der Waals surface area contributed by atoms with E-state index < -0.39 is 5.41 Å². The minimum atomic E-state index is -0.474. The van der Waals surface area contributed by atoms with Crippen LogP contribution in [0.5, 0.6) is 0 Å². The molecular formula is C53H42N2. The monoisotopic (exact) mass is 706 g/mol. The molecule has 0 saturated heterocycles. The van der Waals surface area contributed by atoms with Crippen LogP contribution in [0.15, 0.2) is 224 Å². The maximum absolute atomic E-state index is 4.53. The Morgan fingerprint density at radius 2 is 1.51 bits per heavy atom. The van der Waals surface area contributed by atoms with Crippen molar-refractivity contribution in [1.82, 2.24) is 0 Å². The van der Waals surface area contributed by atoms with Crippen molar-refractivity contribution >= 4 is 22.5 Å². The van der Waals surface area contributed by atoms with Gasteiger partial charge >= 0.3 is 0 Å². The second-order valence-corrected chi connectivity index (χ2v) is 14.2. The van der Waals surface area contributed by atoms with E-state index in [1.54, 1.807) is 0 Å². The molecule has 0 aromatic heterocycles. The van der Waals surface area contributed by atoms with Crippen LogP contribution in [0.25, 0.3) is 22.3 Å². The lowest BCUT2D eigenvalue weighted by atomic mass is 9.68. The van der Waals surface area contributed by atoms with Gasteiger partial charge in [0.2, 0.25) is 0 Å². The molecule has 2 heteroatoms. The van der Waals surface area contributed by atoms with Crippen LogP contribution in [0.1, 0.15) is 46.7 Å². The third kappa shape index (κ3) is 5.59. The highest BCUT2D eigenvalue weighted by Gasteiger charge is 2.47. The second-order valence-electron chi connectivity index (χ2n) is 14.2. The van der Waals surface area contributed by atoms with Gasteiger partial charge in [-0.2, -0.15) is 0 Å². The molecule has 2 nitrogen and oxygen atoms in total. The average Bonchev–Trinajstić information content (AvgIpc) is 4.02. The largest absolute Gasteiger partial charge is 0.344 e. The summed E-state index contributed by atoms with van der Waals surface area (Å²) in [6.45, 7) is 6.64. The van der Waals surface area contributed by atoms with Crippen molar-refractivity contribution in [1.29, 1.82) is 0 Å². The molecule has 1 heterocycles. The summed E-state index contributed by atoms with van der Waals surface area (Å²) < 4.78 is 0. The predicted molar refractivity (Wildman–Crippen MR) is 233 cm³/mol. The molecular weight excluding hydrogens is 665 g/mol. The van der Waals surface area contributed by atoms with E-state index in [1.165, 1.54) is 44.5 Å². The third-order valence-corrected chi connectivity index (χ3v) is 11.2. The summed E-state index contributed by atoms with van der Waals surface area (Å²) in [6, 6.07) is 44.7. The molecule has 0 saturated carbocycles. The van der Waals surface area contributed by atoms with Gasteiger partial charge in [-0.15, -0.1) is 0 Å². The number of likely N-dealkylation sites (N-methyl/N-ethyl adjacent to an activating group) is 1. The van der Waals surface area contributed by atoms with Crippen LogP contribution in [-0.4, -0.2) is 7.05 Å². The van der Waals surface area contributed by atoms with Crippen molar-refractivity contribution in [2.24, 2.45) is 0 Å². The highest BCUT2D eigenvalue weighted by molar-refractivity contribution is 5.97. The van der Waals surface area contributed by atoms with Gasteiger partial charge in [0.25, 0.3) is 0 Å². The van der Waals surface area contributed by atoms with Crippen LogP contribution in [0.3, 0.4) is 0 Å². The molecule has 0 amide bonds. The highest BCUT2D eigenvalue weighted by Crippen LogP contribution is 2.58. The zero-order valence-corrected chi connectivity index (χ0v) is 31.3. The first-order valence-electron chi connectivity index (χ1n) is 19.0. The maximum atomic E-state index is 4.53. The minimum absolute atomic E-state index is 0.474. The lowest BCUT2D eigenvalue weighted by Crippen LogP contribution is -2.28. The fourth-order valence-electron chi connectivity index (χ4n) is 8.83. The van der Waals surface area contributed by atoms with Gasteiger partial charge in [0.05, 0.1) is 16.8 Å². The van der Waals surface area contributed by atoms with E-state index in [0.29, 0.717) is 0 Å². The van der Waals surface area contributed by atoms with E-state index in [1.807, 2.05) is 12.2 Å².